The fraction of sp³-hybridized carbons (Fsp3) is 0.571. The topological polar surface area (TPSA) is 63.7 Å². The van der Waals surface area contributed by atoms with Gasteiger partial charge in [0, 0.05) is 13.6 Å². The Morgan fingerprint density at radius 2 is 2.00 bits per heavy atom. The van der Waals surface area contributed by atoms with E-state index in [1.54, 1.807) is 6.92 Å². The number of amides is 1. The first kappa shape index (κ1) is 12.0. The van der Waals surface area contributed by atoms with Gasteiger partial charge in [0.15, 0.2) is 5.76 Å². The van der Waals surface area contributed by atoms with Gasteiger partial charge < -0.3 is 9.08 Å². The molecule has 0 unspecified atom stereocenters. The third-order valence-electron chi connectivity index (χ3n) is 1.31. The van der Waals surface area contributed by atoms with E-state index < -0.39 is 16.0 Å². The van der Waals surface area contributed by atoms with Gasteiger partial charge >= 0.3 is 10.1 Å². The van der Waals surface area contributed by atoms with Crippen LogP contribution >= 0.6 is 0 Å². The van der Waals surface area contributed by atoms with E-state index >= 15 is 0 Å². The lowest BCUT2D eigenvalue weighted by Crippen LogP contribution is -2.28. The Morgan fingerprint density at radius 3 is 2.31 bits per heavy atom. The van der Waals surface area contributed by atoms with Crippen molar-refractivity contribution in [2.45, 2.75) is 6.92 Å². The second-order valence-electron chi connectivity index (χ2n) is 2.53. The van der Waals surface area contributed by atoms with Gasteiger partial charge in [-0.3, -0.25) is 4.79 Å². The van der Waals surface area contributed by atoms with Crippen LogP contribution in [0, 0.1) is 0 Å². The maximum absolute atomic E-state index is 11.2. The highest BCUT2D eigenvalue weighted by Gasteiger charge is 2.16. The van der Waals surface area contributed by atoms with Crippen LogP contribution in [0.5, 0.6) is 0 Å². The molecule has 0 bridgehead atoms. The lowest BCUT2D eigenvalue weighted by molar-refractivity contribution is -0.127. The van der Waals surface area contributed by atoms with E-state index in [0.29, 0.717) is 6.54 Å². The highest BCUT2D eigenvalue weighted by molar-refractivity contribution is 7.86. The zero-order valence-corrected chi connectivity index (χ0v) is 8.72. The van der Waals surface area contributed by atoms with Crippen LogP contribution in [0.1, 0.15) is 6.92 Å². The molecule has 0 aromatic rings. The molecule has 0 atom stereocenters. The molecule has 0 aromatic carbocycles. The second-order valence-corrected chi connectivity index (χ2v) is 4.10. The Hall–Kier alpha value is -1.04. The van der Waals surface area contributed by atoms with E-state index in [9.17, 15) is 13.2 Å². The molecular weight excluding hydrogens is 194 g/mol. The minimum absolute atomic E-state index is 0.383. The minimum atomic E-state index is -3.66. The summed E-state index contributed by atoms with van der Waals surface area (Å²) >= 11 is 0. The molecule has 0 saturated carbocycles. The summed E-state index contributed by atoms with van der Waals surface area (Å²) in [6.45, 7) is 5.44. The monoisotopic (exact) mass is 207 g/mol. The van der Waals surface area contributed by atoms with Gasteiger partial charge in [0.2, 0.25) is 0 Å². The van der Waals surface area contributed by atoms with Crippen LogP contribution in [0.15, 0.2) is 12.3 Å². The Bertz CT molecular complexity index is 306. The molecule has 0 aliphatic carbocycles. The number of hydrogen-bond acceptors (Lipinski definition) is 4. The molecule has 0 radical (unpaired) electrons. The molecule has 0 heterocycles. The van der Waals surface area contributed by atoms with Crippen LogP contribution in [0.2, 0.25) is 0 Å². The fourth-order valence-electron chi connectivity index (χ4n) is 0.575. The van der Waals surface area contributed by atoms with Gasteiger partial charge in [0.25, 0.3) is 5.91 Å². The number of nitrogens with zero attached hydrogens (tertiary/aromatic N) is 1. The Balaban J connectivity index is 4.38. The van der Waals surface area contributed by atoms with Crippen molar-refractivity contribution in [3.8, 4) is 0 Å². The third kappa shape index (κ3) is 4.51. The third-order valence-corrected chi connectivity index (χ3v) is 1.82. The van der Waals surface area contributed by atoms with E-state index in [0.717, 1.165) is 6.26 Å². The van der Waals surface area contributed by atoms with E-state index in [2.05, 4.69) is 10.8 Å². The molecule has 6 heteroatoms. The molecule has 76 valence electrons. The Kier molecular flexibility index (Phi) is 3.93. The van der Waals surface area contributed by atoms with E-state index in [1.807, 2.05) is 0 Å². The van der Waals surface area contributed by atoms with Gasteiger partial charge in [-0.15, -0.1) is 0 Å². The predicted octanol–water partition coefficient (Wildman–Crippen LogP) is -0.0454. The van der Waals surface area contributed by atoms with Crippen molar-refractivity contribution in [3.05, 3.63) is 12.3 Å². The van der Waals surface area contributed by atoms with Gasteiger partial charge in [0.05, 0.1) is 6.26 Å². The maximum Gasteiger partial charge on any atom is 0.306 e. The standard InChI is InChI=1S/C7H13NO4S/c1-5-8(3)7(9)6(2)12-13(4,10)11/h2,5H2,1,3-4H3. The molecule has 0 aromatic heterocycles. The molecule has 0 rings (SSSR count). The van der Waals surface area contributed by atoms with E-state index in [1.165, 1.54) is 11.9 Å². The van der Waals surface area contributed by atoms with Crippen molar-refractivity contribution < 1.29 is 17.4 Å². The van der Waals surface area contributed by atoms with Crippen LogP contribution in [0.3, 0.4) is 0 Å². The first-order chi connectivity index (χ1) is 5.78. The van der Waals surface area contributed by atoms with Gasteiger partial charge in [-0.2, -0.15) is 8.42 Å². The maximum atomic E-state index is 11.2. The number of rotatable bonds is 4. The first-order valence-electron chi connectivity index (χ1n) is 3.61. The summed E-state index contributed by atoms with van der Waals surface area (Å²) in [6, 6.07) is 0. The van der Waals surface area contributed by atoms with E-state index in [4.69, 9.17) is 0 Å². The summed E-state index contributed by atoms with van der Waals surface area (Å²) in [6.07, 6.45) is 0.859. The van der Waals surface area contributed by atoms with Crippen molar-refractivity contribution in [2.24, 2.45) is 0 Å². The number of carbonyl (C=O) groups excluding carboxylic acids is 1. The zero-order valence-electron chi connectivity index (χ0n) is 7.90. The van der Waals surface area contributed by atoms with Crippen molar-refractivity contribution in [3.63, 3.8) is 0 Å². The smallest absolute Gasteiger partial charge is 0.306 e. The summed E-state index contributed by atoms with van der Waals surface area (Å²) in [5.41, 5.74) is 0. The van der Waals surface area contributed by atoms with Crippen LogP contribution in [-0.4, -0.2) is 39.1 Å². The Labute approximate surface area is 78.1 Å². The van der Waals surface area contributed by atoms with Gasteiger partial charge in [-0.1, -0.05) is 0 Å². The number of likely N-dealkylation sites (N-methyl/N-ethyl adjacent to an activating group) is 1. The molecule has 0 fully saturated rings. The predicted molar refractivity (Wildman–Crippen MR) is 48.4 cm³/mol. The van der Waals surface area contributed by atoms with Crippen LogP contribution in [-0.2, 0) is 19.1 Å². The van der Waals surface area contributed by atoms with Crippen molar-refractivity contribution >= 4 is 16.0 Å². The molecule has 13 heavy (non-hydrogen) atoms. The van der Waals surface area contributed by atoms with Crippen molar-refractivity contribution in [1.29, 1.82) is 0 Å². The second kappa shape index (κ2) is 4.27. The molecular formula is C7H13NO4S. The average Bonchev–Trinajstić information content (AvgIpc) is 1.98. The molecule has 5 nitrogen and oxygen atoms in total. The minimum Gasteiger partial charge on any atom is -0.377 e. The molecule has 1 amide bonds. The molecule has 0 saturated heterocycles. The molecule has 0 aliphatic heterocycles. The summed E-state index contributed by atoms with van der Waals surface area (Å²) in [5, 5.41) is 0. The van der Waals surface area contributed by atoms with Crippen LogP contribution in [0.25, 0.3) is 0 Å². The fourth-order valence-corrected chi connectivity index (χ4v) is 1.01. The van der Waals surface area contributed by atoms with Crippen LogP contribution < -0.4 is 0 Å². The molecule has 0 aliphatic rings. The SMILES string of the molecule is C=C(OS(C)(=O)=O)C(=O)N(C)CC. The summed E-state index contributed by atoms with van der Waals surface area (Å²) < 4.78 is 25.5. The highest BCUT2D eigenvalue weighted by Crippen LogP contribution is 2.03. The van der Waals surface area contributed by atoms with E-state index in [-0.39, 0.29) is 5.76 Å². The van der Waals surface area contributed by atoms with Gasteiger partial charge in [0.1, 0.15) is 0 Å². The first-order valence-corrected chi connectivity index (χ1v) is 5.43. The lowest BCUT2D eigenvalue weighted by atomic mass is 10.4. The summed E-state index contributed by atoms with van der Waals surface area (Å²) in [7, 11) is -2.13. The summed E-state index contributed by atoms with van der Waals surface area (Å²) in [5.74, 6) is -0.917. The largest absolute Gasteiger partial charge is 0.377 e. The van der Waals surface area contributed by atoms with Gasteiger partial charge in [-0.05, 0) is 13.5 Å². The Morgan fingerprint density at radius 1 is 1.54 bits per heavy atom. The van der Waals surface area contributed by atoms with Crippen molar-refractivity contribution in [2.75, 3.05) is 19.8 Å². The quantitative estimate of drug-likeness (QED) is 0.368. The van der Waals surface area contributed by atoms with Crippen LogP contribution in [0.4, 0.5) is 0 Å². The zero-order chi connectivity index (χ0) is 10.6. The molecule has 0 N–H and O–H groups in total. The number of hydrogen-bond donors (Lipinski definition) is 0. The average molecular weight is 207 g/mol. The highest BCUT2D eigenvalue weighted by atomic mass is 32.2. The lowest BCUT2D eigenvalue weighted by Gasteiger charge is -2.14. The summed E-state index contributed by atoms with van der Waals surface area (Å²) in [4.78, 5) is 12.5. The number of carbonyl (C=O) groups is 1. The molecule has 0 spiro atoms. The van der Waals surface area contributed by atoms with Gasteiger partial charge in [-0.25, -0.2) is 0 Å². The van der Waals surface area contributed by atoms with Crippen molar-refractivity contribution in [1.82, 2.24) is 4.90 Å². The normalized spacial score (nSPS) is 10.7.